The van der Waals surface area contributed by atoms with E-state index in [0.29, 0.717) is 18.4 Å². The van der Waals surface area contributed by atoms with E-state index in [-0.39, 0.29) is 24.0 Å². The molecule has 0 fully saturated rings. The van der Waals surface area contributed by atoms with Crippen LogP contribution in [0.15, 0.2) is 65.7 Å². The van der Waals surface area contributed by atoms with Crippen LogP contribution in [0.5, 0.6) is 0 Å². The summed E-state index contributed by atoms with van der Waals surface area (Å²) in [6, 6.07) is 16.9. The van der Waals surface area contributed by atoms with Gasteiger partial charge >= 0.3 is 0 Å². The van der Waals surface area contributed by atoms with Crippen molar-refractivity contribution >= 4 is 41.3 Å². The van der Waals surface area contributed by atoms with E-state index in [1.165, 1.54) is 11.3 Å². The highest BCUT2D eigenvalue weighted by atomic mass is 127. The van der Waals surface area contributed by atoms with E-state index in [4.69, 9.17) is 5.73 Å². The molecule has 3 N–H and O–H groups in total. The molecule has 0 amide bonds. The maximum absolute atomic E-state index is 6.03. The molecule has 27 heavy (non-hydrogen) atoms. The van der Waals surface area contributed by atoms with Gasteiger partial charge < -0.3 is 16.0 Å². The lowest BCUT2D eigenvalue weighted by molar-refractivity contribution is 0.734. The molecule has 0 saturated heterocycles. The van der Waals surface area contributed by atoms with Crippen LogP contribution in [0.3, 0.4) is 0 Å². The first-order valence-corrected chi connectivity index (χ1v) is 9.31. The molecule has 1 heterocycles. The van der Waals surface area contributed by atoms with Gasteiger partial charge in [-0.3, -0.25) is 0 Å². The van der Waals surface area contributed by atoms with Gasteiger partial charge in [-0.1, -0.05) is 50.3 Å². The third-order valence-corrected chi connectivity index (χ3v) is 4.92. The van der Waals surface area contributed by atoms with E-state index in [0.717, 1.165) is 30.8 Å². The minimum absolute atomic E-state index is 0. The fraction of sp³-hybridized carbons (Fsp3) is 0.318. The topological polar surface area (TPSA) is 53.6 Å². The maximum Gasteiger partial charge on any atom is 0.193 e. The van der Waals surface area contributed by atoms with Gasteiger partial charge in [0.15, 0.2) is 5.96 Å². The molecular formula is C22H29IN4. The standard InChI is InChI=1S/C22H28N4.HI/c1-3-17(2)19-8-10-20(11-9-19)25-22(23)24-16-18-6-12-21(13-7-18)26-14-4-5-15-26;/h4-13,17H,3,14-16H2,1-2H3,(H3,23,24,25);1H. The number of guanidine groups is 1. The monoisotopic (exact) mass is 476 g/mol. The summed E-state index contributed by atoms with van der Waals surface area (Å²) in [6.45, 7) is 7.00. The highest BCUT2D eigenvalue weighted by Gasteiger charge is 2.07. The lowest BCUT2D eigenvalue weighted by Crippen LogP contribution is -2.22. The third kappa shape index (κ3) is 5.99. The van der Waals surface area contributed by atoms with Gasteiger partial charge in [0.2, 0.25) is 0 Å². The molecule has 0 aliphatic carbocycles. The first-order chi connectivity index (χ1) is 12.7. The fourth-order valence-electron chi connectivity index (χ4n) is 3.00. The number of benzene rings is 2. The third-order valence-electron chi connectivity index (χ3n) is 4.92. The number of nitrogens with zero attached hydrogens (tertiary/aromatic N) is 2. The van der Waals surface area contributed by atoms with E-state index in [1.807, 2.05) is 0 Å². The molecule has 1 atom stereocenters. The molecule has 2 aromatic carbocycles. The minimum atomic E-state index is 0. The average Bonchev–Trinajstić information content (AvgIpc) is 3.21. The Labute approximate surface area is 179 Å². The Bertz CT molecular complexity index is 758. The van der Waals surface area contributed by atoms with Crippen molar-refractivity contribution in [3.8, 4) is 0 Å². The Morgan fingerprint density at radius 3 is 2.30 bits per heavy atom. The number of nitrogens with one attached hydrogen (secondary N) is 1. The van der Waals surface area contributed by atoms with Crippen LogP contribution < -0.4 is 16.0 Å². The highest BCUT2D eigenvalue weighted by Crippen LogP contribution is 2.20. The van der Waals surface area contributed by atoms with Crippen molar-refractivity contribution in [1.29, 1.82) is 0 Å². The molecule has 144 valence electrons. The van der Waals surface area contributed by atoms with E-state index in [1.54, 1.807) is 0 Å². The zero-order valence-corrected chi connectivity index (χ0v) is 18.4. The molecule has 0 aromatic heterocycles. The molecule has 0 saturated carbocycles. The normalized spacial score (nSPS) is 14.7. The second kappa shape index (κ2) is 10.3. The van der Waals surface area contributed by atoms with Gasteiger partial charge in [-0.15, -0.1) is 24.0 Å². The van der Waals surface area contributed by atoms with Crippen LogP contribution in [0.25, 0.3) is 0 Å². The Hall–Kier alpha value is -2.02. The van der Waals surface area contributed by atoms with Crippen molar-refractivity contribution in [2.45, 2.75) is 32.7 Å². The lowest BCUT2D eigenvalue weighted by Gasteiger charge is -2.17. The SMILES string of the molecule is CCC(C)c1ccc(NC(N)=NCc2ccc(N3CC=CC3)cc2)cc1.I. The molecule has 4 nitrogen and oxygen atoms in total. The molecule has 5 heteroatoms. The van der Waals surface area contributed by atoms with Gasteiger partial charge in [-0.2, -0.15) is 0 Å². The molecule has 0 spiro atoms. The largest absolute Gasteiger partial charge is 0.370 e. The number of hydrogen-bond donors (Lipinski definition) is 2. The second-order valence-electron chi connectivity index (χ2n) is 6.80. The fourth-order valence-corrected chi connectivity index (χ4v) is 3.00. The zero-order chi connectivity index (χ0) is 18.4. The maximum atomic E-state index is 6.03. The first-order valence-electron chi connectivity index (χ1n) is 9.31. The Balaban J connectivity index is 0.00000261. The summed E-state index contributed by atoms with van der Waals surface area (Å²) in [5.74, 6) is 1.02. The van der Waals surface area contributed by atoms with Gasteiger partial charge in [0.05, 0.1) is 6.54 Å². The number of halogens is 1. The molecule has 2 aromatic rings. The number of hydrogen-bond acceptors (Lipinski definition) is 2. The smallest absolute Gasteiger partial charge is 0.193 e. The van der Waals surface area contributed by atoms with E-state index >= 15 is 0 Å². The summed E-state index contributed by atoms with van der Waals surface area (Å²) in [5.41, 5.74) is 10.7. The van der Waals surface area contributed by atoms with Crippen LogP contribution in [0.2, 0.25) is 0 Å². The van der Waals surface area contributed by atoms with Crippen LogP contribution >= 0.6 is 24.0 Å². The van der Waals surface area contributed by atoms with Crippen LogP contribution in [0.4, 0.5) is 11.4 Å². The molecule has 3 rings (SSSR count). The molecule has 0 radical (unpaired) electrons. The number of aliphatic imine (C=N–C) groups is 1. The van der Waals surface area contributed by atoms with Gasteiger partial charge in [-0.25, -0.2) is 4.99 Å². The molecular weight excluding hydrogens is 447 g/mol. The summed E-state index contributed by atoms with van der Waals surface area (Å²) in [5, 5.41) is 3.16. The average molecular weight is 476 g/mol. The summed E-state index contributed by atoms with van der Waals surface area (Å²) in [7, 11) is 0. The predicted molar refractivity (Wildman–Crippen MR) is 127 cm³/mol. The molecule has 1 unspecified atom stereocenters. The van der Waals surface area contributed by atoms with Crippen LogP contribution in [0, 0.1) is 0 Å². The van der Waals surface area contributed by atoms with Gasteiger partial charge in [0.25, 0.3) is 0 Å². The summed E-state index contributed by atoms with van der Waals surface area (Å²) < 4.78 is 0. The number of anilines is 2. The second-order valence-corrected chi connectivity index (χ2v) is 6.80. The quantitative estimate of drug-likeness (QED) is 0.263. The Morgan fingerprint density at radius 1 is 1.07 bits per heavy atom. The summed E-state index contributed by atoms with van der Waals surface area (Å²) in [4.78, 5) is 6.77. The van der Waals surface area contributed by atoms with Crippen molar-refractivity contribution in [3.63, 3.8) is 0 Å². The van der Waals surface area contributed by atoms with E-state index in [2.05, 4.69) is 89.7 Å². The highest BCUT2D eigenvalue weighted by molar-refractivity contribution is 14.0. The van der Waals surface area contributed by atoms with Gasteiger partial charge in [0, 0.05) is 24.5 Å². The molecule has 1 aliphatic heterocycles. The van der Waals surface area contributed by atoms with Gasteiger partial charge in [0.1, 0.15) is 0 Å². The van der Waals surface area contributed by atoms with Crippen molar-refractivity contribution in [3.05, 3.63) is 71.8 Å². The van der Waals surface area contributed by atoms with E-state index in [9.17, 15) is 0 Å². The zero-order valence-electron chi connectivity index (χ0n) is 16.1. The molecule has 1 aliphatic rings. The van der Waals surface area contributed by atoms with Gasteiger partial charge in [-0.05, 0) is 47.7 Å². The lowest BCUT2D eigenvalue weighted by atomic mass is 9.99. The summed E-state index contributed by atoms with van der Waals surface area (Å²) >= 11 is 0. The van der Waals surface area contributed by atoms with Crippen molar-refractivity contribution < 1.29 is 0 Å². The van der Waals surface area contributed by atoms with Crippen molar-refractivity contribution in [2.24, 2.45) is 10.7 Å². The summed E-state index contributed by atoms with van der Waals surface area (Å²) in [6.07, 6.45) is 5.53. The first kappa shape index (κ1) is 21.3. The van der Waals surface area contributed by atoms with E-state index < -0.39 is 0 Å². The van der Waals surface area contributed by atoms with Crippen LogP contribution in [-0.2, 0) is 6.54 Å². The Morgan fingerprint density at radius 2 is 1.70 bits per heavy atom. The van der Waals surface area contributed by atoms with Crippen molar-refractivity contribution in [2.75, 3.05) is 23.3 Å². The van der Waals surface area contributed by atoms with Crippen LogP contribution in [-0.4, -0.2) is 19.0 Å². The number of rotatable bonds is 6. The minimum Gasteiger partial charge on any atom is -0.370 e. The van der Waals surface area contributed by atoms with Crippen LogP contribution in [0.1, 0.15) is 37.3 Å². The predicted octanol–water partition coefficient (Wildman–Crippen LogP) is 5.12. The Kier molecular flexibility index (Phi) is 8.16. The molecule has 0 bridgehead atoms. The van der Waals surface area contributed by atoms with Crippen molar-refractivity contribution in [1.82, 2.24) is 0 Å². The number of nitrogens with two attached hydrogens (primary N) is 1.